The second kappa shape index (κ2) is 9.15. The molecule has 0 amide bonds. The summed E-state index contributed by atoms with van der Waals surface area (Å²) in [5.41, 5.74) is 6.85. The van der Waals surface area contributed by atoms with Crippen molar-refractivity contribution >= 4 is 22.7 Å². The predicted octanol–water partition coefficient (Wildman–Crippen LogP) is 4.94. The van der Waals surface area contributed by atoms with Crippen LogP contribution in [0.2, 0.25) is 0 Å². The first-order valence-corrected chi connectivity index (χ1v) is 12.0. The van der Waals surface area contributed by atoms with Gasteiger partial charge in [-0.05, 0) is 34.7 Å². The number of carbonyl (C=O) groups is 1. The lowest BCUT2D eigenvalue weighted by molar-refractivity contribution is 0.0696. The lowest BCUT2D eigenvalue weighted by Gasteiger charge is -2.36. The van der Waals surface area contributed by atoms with Crippen LogP contribution in [0.15, 0.2) is 60.9 Å². The average Bonchev–Trinajstić information content (AvgIpc) is 3.29. The van der Waals surface area contributed by atoms with E-state index in [-0.39, 0.29) is 11.0 Å². The van der Waals surface area contributed by atoms with Gasteiger partial charge < -0.3 is 15.0 Å². The molecule has 1 aliphatic rings. The molecule has 2 N–H and O–H groups in total. The lowest BCUT2D eigenvalue weighted by Crippen LogP contribution is -2.46. The molecule has 0 radical (unpaired) electrons. The molecule has 7 heteroatoms. The van der Waals surface area contributed by atoms with Gasteiger partial charge >= 0.3 is 5.97 Å². The SMILES string of the molecule is CC(C)(C)c1ccc(-c2nc3c(N4CCN(Cc5cncc(C(=O)O)c5)CC4)cccc3[nH]2)cc1. The summed E-state index contributed by atoms with van der Waals surface area (Å²) in [5.74, 6) is -0.0573. The Labute approximate surface area is 205 Å². The number of aromatic nitrogens is 3. The van der Waals surface area contributed by atoms with Crippen LogP contribution in [0.5, 0.6) is 0 Å². The molecule has 0 spiro atoms. The molecule has 7 nitrogen and oxygen atoms in total. The molecular formula is C28H31N5O2. The van der Waals surface area contributed by atoms with Crippen LogP contribution in [0.3, 0.4) is 0 Å². The molecule has 3 heterocycles. The molecule has 2 aromatic heterocycles. The number of aromatic carboxylic acids is 1. The number of piperazine rings is 1. The molecular weight excluding hydrogens is 438 g/mol. The number of anilines is 1. The Kier molecular flexibility index (Phi) is 6.03. The Morgan fingerprint density at radius 3 is 2.46 bits per heavy atom. The smallest absolute Gasteiger partial charge is 0.337 e. The highest BCUT2D eigenvalue weighted by Gasteiger charge is 2.21. The summed E-state index contributed by atoms with van der Waals surface area (Å²) in [6.45, 7) is 10.9. The third-order valence-corrected chi connectivity index (χ3v) is 6.68. The molecule has 0 saturated carbocycles. The molecule has 1 fully saturated rings. The van der Waals surface area contributed by atoms with Gasteiger partial charge in [-0.25, -0.2) is 9.78 Å². The number of nitrogens with one attached hydrogen (secondary N) is 1. The van der Waals surface area contributed by atoms with Crippen LogP contribution in [0.1, 0.15) is 42.3 Å². The Bertz CT molecular complexity index is 1350. The number of carboxylic acid groups (broad SMARTS) is 1. The van der Waals surface area contributed by atoms with Gasteiger partial charge in [-0.3, -0.25) is 9.88 Å². The summed E-state index contributed by atoms with van der Waals surface area (Å²) in [6.07, 6.45) is 3.14. The number of benzene rings is 2. The largest absolute Gasteiger partial charge is 0.478 e. The number of hydrogen-bond acceptors (Lipinski definition) is 5. The molecule has 0 bridgehead atoms. The number of fused-ring (bicyclic) bond motifs is 1. The van der Waals surface area contributed by atoms with Gasteiger partial charge in [0.2, 0.25) is 0 Å². The number of hydrogen-bond donors (Lipinski definition) is 2. The fourth-order valence-corrected chi connectivity index (χ4v) is 4.63. The second-order valence-corrected chi connectivity index (χ2v) is 10.2. The molecule has 0 aliphatic carbocycles. The van der Waals surface area contributed by atoms with E-state index in [1.165, 1.54) is 11.8 Å². The maximum Gasteiger partial charge on any atom is 0.337 e. The number of imidazole rings is 1. The average molecular weight is 470 g/mol. The van der Waals surface area contributed by atoms with E-state index >= 15 is 0 Å². The van der Waals surface area contributed by atoms with Crippen molar-refractivity contribution in [3.8, 4) is 11.4 Å². The van der Waals surface area contributed by atoms with Crippen molar-refractivity contribution in [2.45, 2.75) is 32.7 Å². The fraction of sp³-hybridized carbons (Fsp3) is 0.321. The number of nitrogens with zero attached hydrogens (tertiary/aromatic N) is 4. The fourth-order valence-electron chi connectivity index (χ4n) is 4.63. The van der Waals surface area contributed by atoms with Gasteiger partial charge in [0.25, 0.3) is 0 Å². The van der Waals surface area contributed by atoms with E-state index < -0.39 is 5.97 Å². The molecule has 180 valence electrons. The van der Waals surface area contributed by atoms with E-state index in [1.807, 2.05) is 0 Å². The van der Waals surface area contributed by atoms with E-state index in [2.05, 4.69) is 83.0 Å². The summed E-state index contributed by atoms with van der Waals surface area (Å²) < 4.78 is 0. The van der Waals surface area contributed by atoms with Crippen LogP contribution in [0, 0.1) is 0 Å². The van der Waals surface area contributed by atoms with Crippen LogP contribution < -0.4 is 4.90 Å². The van der Waals surface area contributed by atoms with Crippen molar-refractivity contribution in [2.75, 3.05) is 31.1 Å². The highest BCUT2D eigenvalue weighted by Crippen LogP contribution is 2.30. The van der Waals surface area contributed by atoms with Gasteiger partial charge in [-0.15, -0.1) is 0 Å². The van der Waals surface area contributed by atoms with Crippen LogP contribution in [-0.4, -0.2) is 57.1 Å². The normalized spacial score (nSPS) is 15.0. The number of rotatable bonds is 5. The molecule has 5 rings (SSSR count). The van der Waals surface area contributed by atoms with E-state index in [1.54, 1.807) is 12.3 Å². The predicted molar refractivity (Wildman–Crippen MR) is 139 cm³/mol. The van der Waals surface area contributed by atoms with Gasteiger partial charge in [-0.1, -0.05) is 51.1 Å². The zero-order valence-electron chi connectivity index (χ0n) is 20.5. The van der Waals surface area contributed by atoms with Crippen molar-refractivity contribution in [1.29, 1.82) is 0 Å². The van der Waals surface area contributed by atoms with Gasteiger partial charge in [0, 0.05) is 50.7 Å². The number of H-pyrrole nitrogens is 1. The molecule has 1 saturated heterocycles. The standard InChI is InChI=1S/C28H31N5O2/c1-28(2,3)22-9-7-20(8-10-22)26-30-23-5-4-6-24(25(23)31-26)33-13-11-32(12-14-33)18-19-15-21(27(34)35)17-29-16-19/h4-10,15-17H,11-14,18H2,1-3H3,(H,30,31)(H,34,35). The Morgan fingerprint density at radius 2 is 1.77 bits per heavy atom. The van der Waals surface area contributed by atoms with Crippen LogP contribution in [0.25, 0.3) is 22.4 Å². The number of carboxylic acids is 1. The summed E-state index contributed by atoms with van der Waals surface area (Å²) >= 11 is 0. The van der Waals surface area contributed by atoms with Gasteiger partial charge in [0.05, 0.1) is 16.8 Å². The van der Waals surface area contributed by atoms with Gasteiger partial charge in [0.1, 0.15) is 11.3 Å². The second-order valence-electron chi connectivity index (χ2n) is 10.2. The summed E-state index contributed by atoms with van der Waals surface area (Å²) in [6, 6.07) is 16.7. The molecule has 2 aromatic carbocycles. The monoisotopic (exact) mass is 469 g/mol. The molecule has 0 atom stereocenters. The zero-order chi connectivity index (χ0) is 24.6. The van der Waals surface area contributed by atoms with Gasteiger partial charge in [0.15, 0.2) is 0 Å². The highest BCUT2D eigenvalue weighted by molar-refractivity contribution is 5.91. The first-order chi connectivity index (χ1) is 16.8. The molecule has 4 aromatic rings. The summed E-state index contributed by atoms with van der Waals surface area (Å²) in [4.78, 5) is 28.5. The lowest BCUT2D eigenvalue weighted by atomic mass is 9.87. The van der Waals surface area contributed by atoms with Crippen LogP contribution >= 0.6 is 0 Å². The van der Waals surface area contributed by atoms with Gasteiger partial charge in [-0.2, -0.15) is 0 Å². The molecule has 35 heavy (non-hydrogen) atoms. The zero-order valence-corrected chi connectivity index (χ0v) is 20.5. The first kappa shape index (κ1) is 23.1. The van der Waals surface area contributed by atoms with E-state index in [4.69, 9.17) is 4.98 Å². The third-order valence-electron chi connectivity index (χ3n) is 6.68. The quantitative estimate of drug-likeness (QED) is 0.431. The first-order valence-electron chi connectivity index (χ1n) is 12.0. The summed E-state index contributed by atoms with van der Waals surface area (Å²) in [5, 5.41) is 9.21. The Morgan fingerprint density at radius 1 is 1.03 bits per heavy atom. The maximum atomic E-state index is 11.2. The maximum absolute atomic E-state index is 11.2. The summed E-state index contributed by atoms with van der Waals surface area (Å²) in [7, 11) is 0. The number of pyridine rings is 1. The van der Waals surface area contributed by atoms with Crippen molar-refractivity contribution in [1.82, 2.24) is 19.9 Å². The minimum Gasteiger partial charge on any atom is -0.478 e. The van der Waals surface area contributed by atoms with E-state index in [9.17, 15) is 9.90 Å². The Hall–Kier alpha value is -3.71. The van der Waals surface area contributed by atoms with Crippen molar-refractivity contribution in [3.63, 3.8) is 0 Å². The topological polar surface area (TPSA) is 85.3 Å². The van der Waals surface area contributed by atoms with Crippen molar-refractivity contribution < 1.29 is 9.90 Å². The number of aromatic amines is 1. The highest BCUT2D eigenvalue weighted by atomic mass is 16.4. The van der Waals surface area contributed by atoms with Crippen LogP contribution in [-0.2, 0) is 12.0 Å². The van der Waals surface area contributed by atoms with Crippen molar-refractivity contribution in [2.24, 2.45) is 0 Å². The molecule has 0 unspecified atom stereocenters. The molecule has 1 aliphatic heterocycles. The minimum atomic E-state index is -0.944. The van der Waals surface area contributed by atoms with Crippen LogP contribution in [0.4, 0.5) is 5.69 Å². The number of para-hydroxylation sites is 1. The third kappa shape index (κ3) is 4.91. The minimum absolute atomic E-state index is 0.122. The van der Waals surface area contributed by atoms with E-state index in [0.29, 0.717) is 6.54 Å². The van der Waals surface area contributed by atoms with E-state index in [0.717, 1.165) is 59.9 Å². The van der Waals surface area contributed by atoms with Crippen molar-refractivity contribution in [3.05, 3.63) is 77.6 Å². The Balaban J connectivity index is 1.31.